The van der Waals surface area contributed by atoms with E-state index < -0.39 is 0 Å². The molecule has 0 bridgehead atoms. The highest BCUT2D eigenvalue weighted by Gasteiger charge is 2.20. The van der Waals surface area contributed by atoms with E-state index in [9.17, 15) is 0 Å². The fraction of sp³-hybridized carbons (Fsp3) is 0.733. The van der Waals surface area contributed by atoms with Crippen molar-refractivity contribution < 1.29 is 4.74 Å². The molecule has 0 radical (unpaired) electrons. The summed E-state index contributed by atoms with van der Waals surface area (Å²) in [6.07, 6.45) is 4.51. The Morgan fingerprint density at radius 1 is 1.16 bits per heavy atom. The fourth-order valence-electron chi connectivity index (χ4n) is 2.28. The molecule has 1 heterocycles. The predicted molar refractivity (Wildman–Crippen MR) is 76.4 cm³/mol. The van der Waals surface area contributed by atoms with Crippen molar-refractivity contribution in [1.29, 1.82) is 0 Å². The van der Waals surface area contributed by atoms with Gasteiger partial charge in [-0.05, 0) is 52.1 Å². The summed E-state index contributed by atoms with van der Waals surface area (Å²) < 4.78 is 5.36. The zero-order valence-corrected chi connectivity index (χ0v) is 12.3. The van der Waals surface area contributed by atoms with Crippen LogP contribution in [-0.2, 0) is 17.6 Å². The summed E-state index contributed by atoms with van der Waals surface area (Å²) in [6.45, 7) is 8.68. The Kier molecular flexibility index (Phi) is 5.28. The quantitative estimate of drug-likeness (QED) is 0.728. The minimum atomic E-state index is 0.706. The van der Waals surface area contributed by atoms with Crippen molar-refractivity contribution >= 4 is 0 Å². The highest BCUT2D eigenvalue weighted by atomic mass is 16.5. The summed E-state index contributed by atoms with van der Waals surface area (Å²) in [7, 11) is 0. The molecule has 0 aliphatic heterocycles. The van der Waals surface area contributed by atoms with E-state index in [1.165, 1.54) is 18.4 Å². The van der Waals surface area contributed by atoms with Crippen LogP contribution in [-0.4, -0.2) is 35.8 Å². The van der Waals surface area contributed by atoms with Gasteiger partial charge in [-0.25, -0.2) is 9.97 Å². The van der Waals surface area contributed by atoms with E-state index in [-0.39, 0.29) is 0 Å². The molecular weight excluding hydrogens is 238 g/mol. The molecule has 1 aliphatic carbocycles. The summed E-state index contributed by atoms with van der Waals surface area (Å²) in [6, 6.07) is 0.770. The molecule has 0 spiro atoms. The van der Waals surface area contributed by atoms with E-state index in [1.807, 2.05) is 6.92 Å². The molecule has 1 fully saturated rings. The maximum Gasteiger partial charge on any atom is 0.131 e. The number of aryl methyl sites for hydroxylation is 2. The molecule has 0 aromatic carbocycles. The molecule has 4 nitrogen and oxygen atoms in total. The Balaban J connectivity index is 1.91. The van der Waals surface area contributed by atoms with Crippen molar-refractivity contribution in [3.8, 4) is 0 Å². The first kappa shape index (κ1) is 14.4. The summed E-state index contributed by atoms with van der Waals surface area (Å²) in [5.74, 6) is 0.905. The van der Waals surface area contributed by atoms with Crippen LogP contribution in [0.3, 0.4) is 0 Å². The largest absolute Gasteiger partial charge is 0.381 e. The summed E-state index contributed by atoms with van der Waals surface area (Å²) in [5.41, 5.74) is 3.54. The molecule has 1 saturated carbocycles. The summed E-state index contributed by atoms with van der Waals surface area (Å²) >= 11 is 0. The Morgan fingerprint density at radius 3 is 2.42 bits per heavy atom. The molecule has 0 unspecified atom stereocenters. The number of aromatic nitrogens is 2. The third-order valence-corrected chi connectivity index (χ3v) is 3.53. The van der Waals surface area contributed by atoms with Gasteiger partial charge in [-0.3, -0.25) is 0 Å². The van der Waals surface area contributed by atoms with Gasteiger partial charge in [0, 0.05) is 30.5 Å². The third-order valence-electron chi connectivity index (χ3n) is 3.53. The topological polar surface area (TPSA) is 47.0 Å². The van der Waals surface area contributed by atoms with E-state index in [4.69, 9.17) is 4.74 Å². The Labute approximate surface area is 116 Å². The molecule has 1 aromatic heterocycles. The monoisotopic (exact) mass is 263 g/mol. The van der Waals surface area contributed by atoms with Gasteiger partial charge >= 0.3 is 0 Å². The van der Waals surface area contributed by atoms with Crippen molar-refractivity contribution in [3.05, 3.63) is 22.8 Å². The number of rotatable bonds is 8. The van der Waals surface area contributed by atoms with E-state index in [1.54, 1.807) is 0 Å². The molecular formula is C15H25N3O. The molecule has 2 rings (SSSR count). The summed E-state index contributed by atoms with van der Waals surface area (Å²) in [5, 5.41) is 3.54. The Morgan fingerprint density at radius 2 is 1.84 bits per heavy atom. The number of hydrogen-bond donors (Lipinski definition) is 1. The first-order valence-electron chi connectivity index (χ1n) is 7.34. The van der Waals surface area contributed by atoms with Gasteiger partial charge in [-0.2, -0.15) is 0 Å². The van der Waals surface area contributed by atoms with Crippen molar-refractivity contribution in [2.75, 3.05) is 19.8 Å². The van der Waals surface area contributed by atoms with Gasteiger partial charge < -0.3 is 10.1 Å². The lowest BCUT2D eigenvalue weighted by Gasteiger charge is -2.11. The molecule has 106 valence electrons. The smallest absolute Gasteiger partial charge is 0.131 e. The lowest BCUT2D eigenvalue weighted by atomic mass is 10.1. The second-order valence-corrected chi connectivity index (χ2v) is 5.21. The summed E-state index contributed by atoms with van der Waals surface area (Å²) in [4.78, 5) is 9.20. The SMILES string of the molecule is CCOCCc1nc(C)c(CCNC2CC2)c(C)n1. The van der Waals surface area contributed by atoms with Crippen LogP contribution in [0.5, 0.6) is 0 Å². The first-order valence-corrected chi connectivity index (χ1v) is 7.34. The number of nitrogens with zero attached hydrogens (tertiary/aromatic N) is 2. The van der Waals surface area contributed by atoms with Gasteiger partial charge in [0.2, 0.25) is 0 Å². The van der Waals surface area contributed by atoms with Gasteiger partial charge in [0.15, 0.2) is 0 Å². The van der Waals surface area contributed by atoms with Crippen LogP contribution >= 0.6 is 0 Å². The molecule has 1 N–H and O–H groups in total. The average molecular weight is 263 g/mol. The second kappa shape index (κ2) is 6.96. The van der Waals surface area contributed by atoms with Crippen molar-refractivity contribution in [2.24, 2.45) is 0 Å². The van der Waals surface area contributed by atoms with Crippen LogP contribution in [0.4, 0.5) is 0 Å². The number of ether oxygens (including phenoxy) is 1. The lowest BCUT2D eigenvalue weighted by Crippen LogP contribution is -2.20. The van der Waals surface area contributed by atoms with Gasteiger partial charge in [-0.15, -0.1) is 0 Å². The van der Waals surface area contributed by atoms with Gasteiger partial charge in [-0.1, -0.05) is 0 Å². The maximum absolute atomic E-state index is 5.36. The van der Waals surface area contributed by atoms with Crippen LogP contribution in [0.1, 0.15) is 42.5 Å². The minimum Gasteiger partial charge on any atom is -0.381 e. The van der Waals surface area contributed by atoms with E-state index >= 15 is 0 Å². The zero-order valence-electron chi connectivity index (χ0n) is 12.3. The highest BCUT2D eigenvalue weighted by Crippen LogP contribution is 2.19. The average Bonchev–Trinajstić information content (AvgIpc) is 3.17. The first-order chi connectivity index (χ1) is 9.20. The molecule has 0 saturated heterocycles. The van der Waals surface area contributed by atoms with Gasteiger partial charge in [0.25, 0.3) is 0 Å². The highest BCUT2D eigenvalue weighted by molar-refractivity contribution is 5.24. The van der Waals surface area contributed by atoms with Crippen LogP contribution in [0.15, 0.2) is 0 Å². The molecule has 0 amide bonds. The van der Waals surface area contributed by atoms with Crippen LogP contribution in [0.25, 0.3) is 0 Å². The van der Waals surface area contributed by atoms with E-state index in [0.717, 1.165) is 49.2 Å². The number of hydrogen-bond acceptors (Lipinski definition) is 4. The van der Waals surface area contributed by atoms with Crippen LogP contribution < -0.4 is 5.32 Å². The van der Waals surface area contributed by atoms with Gasteiger partial charge in [0.05, 0.1) is 6.61 Å². The zero-order chi connectivity index (χ0) is 13.7. The Hall–Kier alpha value is -1.00. The predicted octanol–water partition coefficient (Wildman–Crippen LogP) is 1.97. The van der Waals surface area contributed by atoms with Crippen LogP contribution in [0.2, 0.25) is 0 Å². The molecule has 1 aliphatic rings. The van der Waals surface area contributed by atoms with Crippen molar-refractivity contribution in [1.82, 2.24) is 15.3 Å². The number of nitrogens with one attached hydrogen (secondary N) is 1. The normalized spacial score (nSPS) is 14.9. The van der Waals surface area contributed by atoms with Crippen LogP contribution in [0, 0.1) is 13.8 Å². The maximum atomic E-state index is 5.36. The van der Waals surface area contributed by atoms with E-state index in [0.29, 0.717) is 6.61 Å². The molecule has 4 heteroatoms. The minimum absolute atomic E-state index is 0.706. The van der Waals surface area contributed by atoms with Gasteiger partial charge in [0.1, 0.15) is 5.82 Å². The lowest BCUT2D eigenvalue weighted by molar-refractivity contribution is 0.149. The molecule has 1 aromatic rings. The second-order valence-electron chi connectivity index (χ2n) is 5.21. The molecule has 19 heavy (non-hydrogen) atoms. The fourth-order valence-corrected chi connectivity index (χ4v) is 2.28. The van der Waals surface area contributed by atoms with E-state index in [2.05, 4.69) is 29.1 Å². The van der Waals surface area contributed by atoms with Crippen molar-refractivity contribution in [2.45, 2.75) is 52.5 Å². The Bertz CT molecular complexity index is 393. The molecule has 0 atom stereocenters. The van der Waals surface area contributed by atoms with Crippen molar-refractivity contribution in [3.63, 3.8) is 0 Å². The third kappa shape index (κ3) is 4.55. The standard InChI is InChI=1S/C15H25N3O/c1-4-19-10-8-15-17-11(2)14(12(3)18-15)7-9-16-13-5-6-13/h13,16H,4-10H2,1-3H3.